The highest BCUT2D eigenvalue weighted by Gasteiger charge is 2.24. The van der Waals surface area contributed by atoms with Crippen LogP contribution >= 0.6 is 0 Å². The van der Waals surface area contributed by atoms with E-state index in [-0.39, 0.29) is 24.0 Å². The van der Waals surface area contributed by atoms with Crippen LogP contribution in [-0.2, 0) is 16.0 Å². The Morgan fingerprint density at radius 1 is 0.818 bits per heavy atom. The molecule has 0 saturated carbocycles. The highest BCUT2D eigenvalue weighted by atomic mass is 16.5. The van der Waals surface area contributed by atoms with E-state index in [0.29, 0.717) is 35.7 Å². The first kappa shape index (κ1) is 32.0. The molecule has 1 amide bonds. The summed E-state index contributed by atoms with van der Waals surface area (Å²) >= 11 is 0. The van der Waals surface area contributed by atoms with Crippen LogP contribution in [0.15, 0.2) is 103 Å². The van der Waals surface area contributed by atoms with Gasteiger partial charge < -0.3 is 20.1 Å². The van der Waals surface area contributed by atoms with Crippen molar-refractivity contribution in [3.8, 4) is 5.75 Å². The van der Waals surface area contributed by atoms with Crippen LogP contribution in [0.25, 0.3) is 0 Å². The molecule has 228 valence electrons. The lowest BCUT2D eigenvalue weighted by Gasteiger charge is -2.28. The molecule has 4 aromatic rings. The monoisotopic (exact) mass is 592 g/mol. The second-order valence-electron chi connectivity index (χ2n) is 10.8. The topological polar surface area (TPSA) is 95.9 Å². The number of anilines is 2. The number of aliphatic carboxylic acids is 1. The van der Waals surface area contributed by atoms with Gasteiger partial charge in [0.15, 0.2) is 5.78 Å². The van der Waals surface area contributed by atoms with Gasteiger partial charge in [0.25, 0.3) is 0 Å². The van der Waals surface area contributed by atoms with Crippen LogP contribution in [-0.4, -0.2) is 42.0 Å². The smallest absolute Gasteiger partial charge is 0.326 e. The van der Waals surface area contributed by atoms with Crippen LogP contribution in [0.3, 0.4) is 0 Å². The zero-order valence-electron chi connectivity index (χ0n) is 25.5. The number of carboxylic acids is 1. The summed E-state index contributed by atoms with van der Waals surface area (Å²) in [5.74, 6) is -0.518. The van der Waals surface area contributed by atoms with Gasteiger partial charge in [-0.05, 0) is 61.2 Å². The normalized spacial score (nSPS) is 11.5. The molecule has 0 saturated heterocycles. The minimum Gasteiger partial charge on any atom is -0.492 e. The van der Waals surface area contributed by atoms with Gasteiger partial charge in [-0.2, -0.15) is 0 Å². The molecule has 4 rings (SSSR count). The lowest BCUT2D eigenvalue weighted by atomic mass is 10.00. The fourth-order valence-corrected chi connectivity index (χ4v) is 5.23. The molecule has 0 unspecified atom stereocenters. The minimum atomic E-state index is -1.02. The van der Waals surface area contributed by atoms with Crippen molar-refractivity contribution in [3.63, 3.8) is 0 Å². The highest BCUT2D eigenvalue weighted by Crippen LogP contribution is 2.25. The average molecular weight is 593 g/mol. The number of ketones is 1. The van der Waals surface area contributed by atoms with Crippen molar-refractivity contribution >= 4 is 29.0 Å². The number of hydrogen-bond acceptors (Lipinski definition) is 5. The van der Waals surface area contributed by atoms with Crippen LogP contribution in [0.4, 0.5) is 11.4 Å². The fourth-order valence-electron chi connectivity index (χ4n) is 5.23. The first-order chi connectivity index (χ1) is 21.3. The van der Waals surface area contributed by atoms with Crippen LogP contribution in [0.1, 0.15) is 53.7 Å². The third-order valence-corrected chi connectivity index (χ3v) is 7.79. The fraction of sp³-hybridized carbons (Fsp3) is 0.270. The molecule has 0 radical (unpaired) electrons. The van der Waals surface area contributed by atoms with Gasteiger partial charge in [0, 0.05) is 34.8 Å². The van der Waals surface area contributed by atoms with Gasteiger partial charge in [-0.25, -0.2) is 4.79 Å². The number of nitrogens with zero attached hydrogens (tertiary/aromatic N) is 1. The van der Waals surface area contributed by atoms with E-state index in [4.69, 9.17) is 4.74 Å². The lowest BCUT2D eigenvalue weighted by molar-refractivity contribution is -0.137. The van der Waals surface area contributed by atoms with Crippen molar-refractivity contribution in [1.82, 2.24) is 0 Å². The van der Waals surface area contributed by atoms with Gasteiger partial charge in [-0.3, -0.25) is 9.59 Å². The zero-order valence-corrected chi connectivity index (χ0v) is 25.5. The highest BCUT2D eigenvalue weighted by molar-refractivity contribution is 6.12. The average Bonchev–Trinajstić information content (AvgIpc) is 3.05. The summed E-state index contributed by atoms with van der Waals surface area (Å²) < 4.78 is 6.02. The number of nitrogens with one attached hydrogen (secondary N) is 1. The van der Waals surface area contributed by atoms with E-state index in [1.807, 2.05) is 80.3 Å². The van der Waals surface area contributed by atoms with E-state index >= 15 is 0 Å². The molecule has 0 fully saturated rings. The molecule has 7 heteroatoms. The Hall–Kier alpha value is -4.91. The molecule has 1 atom stereocenters. The molecule has 0 aliphatic carbocycles. The van der Waals surface area contributed by atoms with Crippen molar-refractivity contribution in [2.75, 3.05) is 23.4 Å². The summed E-state index contributed by atoms with van der Waals surface area (Å²) in [6.07, 6.45) is 1.76. The SMILES string of the molecule is CCC(CC)C(=O)N(CCOc1ccc(C[C@H](Nc2ccccc2C(=O)c2ccccc2)C(=O)O)cc1)c1ccccc1C. The number of benzene rings is 4. The summed E-state index contributed by atoms with van der Waals surface area (Å²) in [4.78, 5) is 40.5. The molecular weight excluding hydrogens is 552 g/mol. The van der Waals surface area contributed by atoms with E-state index < -0.39 is 12.0 Å². The van der Waals surface area contributed by atoms with Gasteiger partial charge in [-0.1, -0.05) is 86.6 Å². The molecule has 0 aliphatic heterocycles. The number of carboxylic acid groups (broad SMARTS) is 1. The maximum atomic E-state index is 13.4. The molecule has 4 aromatic carbocycles. The summed E-state index contributed by atoms with van der Waals surface area (Å²) in [6, 6.07) is 30.1. The minimum absolute atomic E-state index is 0.0481. The Morgan fingerprint density at radius 3 is 2.11 bits per heavy atom. The molecule has 0 bridgehead atoms. The molecule has 7 nitrogen and oxygen atoms in total. The Kier molecular flexibility index (Phi) is 11.3. The summed E-state index contributed by atoms with van der Waals surface area (Å²) in [5.41, 5.74) is 4.14. The molecular formula is C37H40N2O5. The maximum Gasteiger partial charge on any atom is 0.326 e. The van der Waals surface area contributed by atoms with Crippen molar-refractivity contribution in [2.24, 2.45) is 5.92 Å². The quantitative estimate of drug-likeness (QED) is 0.142. The maximum absolute atomic E-state index is 13.4. The van der Waals surface area contributed by atoms with Gasteiger partial charge in [-0.15, -0.1) is 0 Å². The first-order valence-corrected chi connectivity index (χ1v) is 15.1. The number of amides is 1. The lowest BCUT2D eigenvalue weighted by Crippen LogP contribution is -2.39. The molecule has 0 aromatic heterocycles. The van der Waals surface area contributed by atoms with Crippen LogP contribution < -0.4 is 15.0 Å². The zero-order chi connectivity index (χ0) is 31.5. The first-order valence-electron chi connectivity index (χ1n) is 15.1. The van der Waals surface area contributed by atoms with E-state index in [2.05, 4.69) is 5.32 Å². The number of hydrogen-bond donors (Lipinski definition) is 2. The number of carbonyl (C=O) groups is 3. The summed E-state index contributed by atoms with van der Waals surface area (Å²) in [7, 11) is 0. The van der Waals surface area contributed by atoms with Gasteiger partial charge in [0.05, 0.1) is 6.54 Å². The number of carbonyl (C=O) groups excluding carboxylic acids is 2. The largest absolute Gasteiger partial charge is 0.492 e. The predicted molar refractivity (Wildman–Crippen MR) is 175 cm³/mol. The summed E-state index contributed by atoms with van der Waals surface area (Å²) in [6.45, 7) is 6.79. The Balaban J connectivity index is 1.41. The van der Waals surface area contributed by atoms with Crippen LogP contribution in [0.5, 0.6) is 5.75 Å². The van der Waals surface area contributed by atoms with Crippen LogP contribution in [0.2, 0.25) is 0 Å². The second-order valence-corrected chi connectivity index (χ2v) is 10.8. The van der Waals surface area contributed by atoms with E-state index in [0.717, 1.165) is 29.7 Å². The molecule has 0 heterocycles. The Morgan fingerprint density at radius 2 is 1.45 bits per heavy atom. The number of para-hydroxylation sites is 2. The molecule has 2 N–H and O–H groups in total. The van der Waals surface area contributed by atoms with Gasteiger partial charge >= 0.3 is 5.97 Å². The number of rotatable bonds is 15. The summed E-state index contributed by atoms with van der Waals surface area (Å²) in [5, 5.41) is 13.1. The third-order valence-electron chi connectivity index (χ3n) is 7.79. The standard InChI is InChI=1S/C37H40N2O5/c1-4-28(5-2)36(41)39(34-18-12-9-13-26(34)3)23-24-44-30-21-19-27(20-22-30)25-33(37(42)43)38-32-17-11-10-16-31(32)35(40)29-14-7-6-8-15-29/h6-22,28,33,38H,4-5,23-25H2,1-3H3,(H,42,43)/t33-/m0/s1. The Labute approximate surface area is 259 Å². The van der Waals surface area contributed by atoms with Gasteiger partial charge in [0.1, 0.15) is 18.4 Å². The van der Waals surface area contributed by atoms with Crippen molar-refractivity contribution in [2.45, 2.75) is 46.1 Å². The van der Waals surface area contributed by atoms with Crippen LogP contribution in [0, 0.1) is 12.8 Å². The van der Waals surface area contributed by atoms with E-state index in [1.54, 1.807) is 48.5 Å². The number of aryl methyl sites for hydroxylation is 1. The third kappa shape index (κ3) is 8.13. The van der Waals surface area contributed by atoms with Crippen molar-refractivity contribution < 1.29 is 24.2 Å². The van der Waals surface area contributed by atoms with Crippen molar-refractivity contribution in [1.29, 1.82) is 0 Å². The van der Waals surface area contributed by atoms with Gasteiger partial charge in [0.2, 0.25) is 5.91 Å². The molecule has 0 aliphatic rings. The second kappa shape index (κ2) is 15.5. The van der Waals surface area contributed by atoms with Crippen molar-refractivity contribution in [3.05, 3.63) is 125 Å². The predicted octanol–water partition coefficient (Wildman–Crippen LogP) is 7.18. The number of ether oxygens (including phenoxy) is 1. The van der Waals surface area contributed by atoms with E-state index in [9.17, 15) is 19.5 Å². The molecule has 0 spiro atoms. The van der Waals surface area contributed by atoms with E-state index in [1.165, 1.54) is 0 Å². The molecule has 44 heavy (non-hydrogen) atoms. The Bertz CT molecular complexity index is 1550.